The van der Waals surface area contributed by atoms with E-state index in [4.69, 9.17) is 4.74 Å². The lowest BCUT2D eigenvalue weighted by molar-refractivity contribution is -0.141. The van der Waals surface area contributed by atoms with Crippen molar-refractivity contribution in [1.29, 1.82) is 0 Å². The molecule has 0 spiro atoms. The molecule has 0 aliphatic heterocycles. The topological polar surface area (TPSA) is 77.3 Å². The third-order valence-corrected chi connectivity index (χ3v) is 7.64. The summed E-state index contributed by atoms with van der Waals surface area (Å²) in [5, 5.41) is 0. The van der Waals surface area contributed by atoms with Gasteiger partial charge in [0.1, 0.15) is 11.4 Å². The van der Waals surface area contributed by atoms with E-state index in [2.05, 4.69) is 9.97 Å². The van der Waals surface area contributed by atoms with E-state index in [9.17, 15) is 21.6 Å². The van der Waals surface area contributed by atoms with E-state index in [1.807, 2.05) is 0 Å². The Hall–Kier alpha value is -3.70. The number of hydrogen-bond acceptors (Lipinski definition) is 5. The Morgan fingerprint density at radius 2 is 1.70 bits per heavy atom. The van der Waals surface area contributed by atoms with Gasteiger partial charge in [-0.1, -0.05) is 24.3 Å². The highest BCUT2D eigenvalue weighted by molar-refractivity contribution is 7.89. The number of ether oxygens (including phenoxy) is 1. The third-order valence-electron chi connectivity index (χ3n) is 5.84. The van der Waals surface area contributed by atoms with E-state index < -0.39 is 21.9 Å². The van der Waals surface area contributed by atoms with Gasteiger partial charge in [0.05, 0.1) is 24.0 Å². The maximum absolute atomic E-state index is 13.4. The Labute approximate surface area is 213 Å². The number of hydrogen-bond donors (Lipinski definition) is 0. The summed E-state index contributed by atoms with van der Waals surface area (Å²) < 4.78 is 73.6. The van der Waals surface area contributed by atoms with Crippen LogP contribution in [-0.2, 0) is 36.2 Å². The molecule has 0 atom stereocenters. The van der Waals surface area contributed by atoms with Crippen LogP contribution in [0.5, 0.6) is 5.75 Å². The lowest BCUT2D eigenvalue weighted by Gasteiger charge is -2.19. The number of sulfonamides is 1. The van der Waals surface area contributed by atoms with Gasteiger partial charge in [0.2, 0.25) is 10.0 Å². The van der Waals surface area contributed by atoms with Gasteiger partial charge >= 0.3 is 6.18 Å². The molecule has 4 rings (SSSR count). The quantitative estimate of drug-likeness (QED) is 0.323. The molecule has 0 aliphatic carbocycles. The van der Waals surface area contributed by atoms with E-state index in [1.165, 1.54) is 29.7 Å². The Morgan fingerprint density at radius 1 is 1.00 bits per heavy atom. The zero-order valence-electron chi connectivity index (χ0n) is 20.4. The van der Waals surface area contributed by atoms with Crippen LogP contribution in [0.2, 0.25) is 0 Å². The number of halogens is 3. The number of rotatable bonds is 8. The molecule has 37 heavy (non-hydrogen) atoms. The van der Waals surface area contributed by atoms with Crippen molar-refractivity contribution in [2.24, 2.45) is 7.05 Å². The summed E-state index contributed by atoms with van der Waals surface area (Å²) in [6.45, 7) is 0.157. The summed E-state index contributed by atoms with van der Waals surface area (Å²) >= 11 is 0. The molecule has 0 fully saturated rings. The monoisotopic (exact) mass is 530 g/mol. The number of aromatic nitrogens is 3. The van der Waals surface area contributed by atoms with Crippen LogP contribution in [0.25, 0.3) is 11.3 Å². The van der Waals surface area contributed by atoms with Crippen LogP contribution in [0.4, 0.5) is 13.2 Å². The zero-order chi connectivity index (χ0) is 26.8. The fraction of sp³-hybridized carbons (Fsp3) is 0.231. The highest BCUT2D eigenvalue weighted by Gasteiger charge is 2.32. The largest absolute Gasteiger partial charge is 0.497 e. The molecule has 0 aliphatic rings. The number of imidazole rings is 1. The summed E-state index contributed by atoms with van der Waals surface area (Å²) in [4.78, 5) is 7.98. The summed E-state index contributed by atoms with van der Waals surface area (Å²) in [7, 11) is 0.993. The van der Waals surface area contributed by atoms with Crippen LogP contribution >= 0.6 is 0 Å². The van der Waals surface area contributed by atoms with Crippen molar-refractivity contribution in [2.75, 3.05) is 14.2 Å². The molecule has 2 aromatic heterocycles. The Morgan fingerprint density at radius 3 is 2.27 bits per heavy atom. The maximum atomic E-state index is 13.4. The average Bonchev–Trinajstić information content (AvgIpc) is 3.30. The molecule has 0 N–H and O–H groups in total. The first-order valence-corrected chi connectivity index (χ1v) is 12.6. The fourth-order valence-electron chi connectivity index (χ4n) is 3.83. The fourth-order valence-corrected chi connectivity index (χ4v) is 5.02. The van der Waals surface area contributed by atoms with Crippen molar-refractivity contribution < 1.29 is 26.3 Å². The summed E-state index contributed by atoms with van der Waals surface area (Å²) in [6, 6.07) is 14.1. The second-order valence-electron chi connectivity index (χ2n) is 8.58. The molecule has 0 unspecified atom stereocenters. The van der Waals surface area contributed by atoms with Gasteiger partial charge in [0, 0.05) is 38.6 Å². The first-order valence-electron chi connectivity index (χ1n) is 11.2. The SMILES string of the molecule is COc1ccc(CN(C)S(=O)(=O)c2ccc(Cc3ccc(C(F)(F)F)nc3)c(-c3cn(C)cn3)c2)cc1. The number of benzene rings is 2. The van der Waals surface area contributed by atoms with Crippen LogP contribution < -0.4 is 4.74 Å². The van der Waals surface area contributed by atoms with Crippen molar-refractivity contribution in [3.8, 4) is 17.0 Å². The molecule has 4 aromatic rings. The van der Waals surface area contributed by atoms with Crippen LogP contribution in [0.3, 0.4) is 0 Å². The van der Waals surface area contributed by atoms with E-state index in [-0.39, 0.29) is 17.9 Å². The molecule has 194 valence electrons. The number of methoxy groups -OCH3 is 1. The van der Waals surface area contributed by atoms with Crippen molar-refractivity contribution >= 4 is 10.0 Å². The highest BCUT2D eigenvalue weighted by atomic mass is 32.2. The summed E-state index contributed by atoms with van der Waals surface area (Å²) in [5.74, 6) is 0.674. The Balaban J connectivity index is 1.66. The molecular weight excluding hydrogens is 505 g/mol. The van der Waals surface area contributed by atoms with Crippen molar-refractivity contribution in [3.63, 3.8) is 0 Å². The smallest absolute Gasteiger partial charge is 0.433 e. The highest BCUT2D eigenvalue weighted by Crippen LogP contribution is 2.31. The van der Waals surface area contributed by atoms with E-state index in [1.54, 1.807) is 67.6 Å². The average molecular weight is 531 g/mol. The van der Waals surface area contributed by atoms with Gasteiger partial charge in [-0.2, -0.15) is 17.5 Å². The molecule has 11 heteroatoms. The van der Waals surface area contributed by atoms with Gasteiger partial charge in [-0.15, -0.1) is 0 Å². The summed E-state index contributed by atoms with van der Waals surface area (Å²) in [6.07, 6.45) is 0.250. The zero-order valence-corrected chi connectivity index (χ0v) is 21.2. The minimum Gasteiger partial charge on any atom is -0.497 e. The maximum Gasteiger partial charge on any atom is 0.433 e. The second kappa shape index (κ2) is 10.3. The number of nitrogens with zero attached hydrogens (tertiary/aromatic N) is 4. The van der Waals surface area contributed by atoms with Gasteiger partial charge in [0.15, 0.2) is 0 Å². The van der Waals surface area contributed by atoms with Crippen molar-refractivity contribution in [3.05, 3.63) is 95.7 Å². The molecule has 7 nitrogen and oxygen atoms in total. The van der Waals surface area contributed by atoms with Crippen LogP contribution in [-0.4, -0.2) is 41.4 Å². The molecule has 0 radical (unpaired) electrons. The van der Waals surface area contributed by atoms with Crippen LogP contribution in [0.1, 0.15) is 22.4 Å². The lowest BCUT2D eigenvalue weighted by atomic mass is 9.99. The molecule has 2 heterocycles. The van der Waals surface area contributed by atoms with Gasteiger partial charge in [0.25, 0.3) is 0 Å². The molecule has 0 amide bonds. The second-order valence-corrected chi connectivity index (χ2v) is 10.6. The summed E-state index contributed by atoms with van der Waals surface area (Å²) in [5.41, 5.74) is 2.20. The van der Waals surface area contributed by atoms with Gasteiger partial charge in [-0.3, -0.25) is 4.98 Å². The Kier molecular flexibility index (Phi) is 7.37. The van der Waals surface area contributed by atoms with Crippen molar-refractivity contribution in [1.82, 2.24) is 18.8 Å². The predicted molar refractivity (Wildman–Crippen MR) is 132 cm³/mol. The molecular formula is C26H25F3N4O3S. The molecule has 2 aromatic carbocycles. The standard InChI is InChI=1S/C26H25F3N4O3S/c1-32-16-24(31-17-32)23-13-22(37(34,35)33(2)15-18-4-8-21(36-3)9-5-18)10-7-20(23)12-19-6-11-25(30-14-19)26(27,28)29/h4-11,13-14,16-17H,12,15H2,1-3H3. The van der Waals surface area contributed by atoms with Gasteiger partial charge in [-0.05, 0) is 53.4 Å². The first kappa shape index (κ1) is 26.4. The minimum absolute atomic E-state index is 0.0819. The Bertz CT molecular complexity index is 1480. The molecule has 0 saturated heterocycles. The van der Waals surface area contributed by atoms with E-state index in [0.717, 1.165) is 11.6 Å². The van der Waals surface area contributed by atoms with Crippen LogP contribution in [0.15, 0.2) is 78.2 Å². The lowest BCUT2D eigenvalue weighted by Crippen LogP contribution is -2.26. The molecule has 0 saturated carbocycles. The van der Waals surface area contributed by atoms with E-state index in [0.29, 0.717) is 28.1 Å². The molecule has 0 bridgehead atoms. The first-order chi connectivity index (χ1) is 17.5. The van der Waals surface area contributed by atoms with E-state index >= 15 is 0 Å². The third kappa shape index (κ3) is 6.00. The van der Waals surface area contributed by atoms with Gasteiger partial charge in [-0.25, -0.2) is 13.4 Å². The predicted octanol–water partition coefficient (Wildman–Crippen LogP) is 4.92. The number of pyridine rings is 1. The van der Waals surface area contributed by atoms with Gasteiger partial charge < -0.3 is 9.30 Å². The number of alkyl halides is 3. The number of aryl methyl sites for hydroxylation is 1. The minimum atomic E-state index is -4.52. The van der Waals surface area contributed by atoms with Crippen LogP contribution in [0, 0.1) is 0 Å². The van der Waals surface area contributed by atoms with Crippen molar-refractivity contribution in [2.45, 2.75) is 24.0 Å². The normalized spacial score (nSPS) is 12.2.